The molecule has 8 heteroatoms. The van der Waals surface area contributed by atoms with Gasteiger partial charge in [0.05, 0.1) is 22.5 Å². The number of carbonyl (C=O) groups excluding carboxylic acids is 3. The number of aliphatic imine (C=N–C) groups is 1. The van der Waals surface area contributed by atoms with E-state index in [1.165, 1.54) is 24.0 Å². The summed E-state index contributed by atoms with van der Waals surface area (Å²) in [6, 6.07) is 5.38. The molecular weight excluding hydrogens is 649 g/mol. The number of rotatable bonds is 4. The molecule has 1 saturated heterocycles. The number of fused-ring (bicyclic) bond motifs is 6. The minimum atomic E-state index is -0.717. The molecule has 0 aromatic heterocycles. The molecule has 4 unspecified atom stereocenters. The zero-order valence-electron chi connectivity index (χ0n) is 32.9. The quantitative estimate of drug-likeness (QED) is 0.303. The van der Waals surface area contributed by atoms with Gasteiger partial charge in [-0.2, -0.15) is 0 Å². The van der Waals surface area contributed by atoms with Crippen molar-refractivity contribution in [3.8, 4) is 0 Å². The zero-order valence-corrected chi connectivity index (χ0v) is 32.9. The highest BCUT2D eigenvalue weighted by Gasteiger charge is 2.48. The lowest BCUT2D eigenvalue weighted by Crippen LogP contribution is -2.40. The molecule has 2 amide bonds. The molecule has 0 radical (unpaired) electrons. The number of anilines is 2. The van der Waals surface area contributed by atoms with Crippen molar-refractivity contribution in [2.75, 3.05) is 10.2 Å². The van der Waals surface area contributed by atoms with Crippen LogP contribution in [0.4, 0.5) is 11.4 Å². The Morgan fingerprint density at radius 2 is 1.40 bits per heavy atom. The molecule has 6 aliphatic rings. The van der Waals surface area contributed by atoms with Crippen LogP contribution in [-0.2, 0) is 14.4 Å². The van der Waals surface area contributed by atoms with E-state index in [0.29, 0.717) is 46.5 Å². The molecular formula is C44H58N4O4. The molecule has 2 N–H and O–H groups in total. The van der Waals surface area contributed by atoms with Crippen LogP contribution in [-0.4, -0.2) is 57.5 Å². The van der Waals surface area contributed by atoms with E-state index in [-0.39, 0.29) is 46.6 Å². The zero-order chi connectivity index (χ0) is 37.6. The van der Waals surface area contributed by atoms with Crippen LogP contribution >= 0.6 is 0 Å². The van der Waals surface area contributed by atoms with Crippen molar-refractivity contribution < 1.29 is 19.5 Å². The molecule has 2 saturated carbocycles. The van der Waals surface area contributed by atoms with Crippen LogP contribution in [0.15, 0.2) is 57.5 Å². The van der Waals surface area contributed by atoms with E-state index < -0.39 is 10.8 Å². The molecule has 52 heavy (non-hydrogen) atoms. The first-order valence-electron chi connectivity index (χ1n) is 19.8. The van der Waals surface area contributed by atoms with Crippen molar-refractivity contribution >= 4 is 40.3 Å². The molecule has 0 bridgehead atoms. The van der Waals surface area contributed by atoms with Crippen LogP contribution in [0, 0.1) is 16.7 Å². The van der Waals surface area contributed by atoms with Gasteiger partial charge in [-0.25, -0.2) is 4.99 Å². The van der Waals surface area contributed by atoms with Gasteiger partial charge in [0.15, 0.2) is 0 Å². The SMILES string of the molecule is CC(C)N1C2=CC(=NC(=O)C(C)(C)C)C(=C3C(=O)C(c4cc5c(cc4NC(=O)C(C)(C)C)N(C(C)C)C4CCCCC54)=C3O)C=C2C2CCCCC21. The van der Waals surface area contributed by atoms with Crippen LogP contribution in [0.3, 0.4) is 0 Å². The number of carbonyl (C=O) groups is 3. The Kier molecular flexibility index (Phi) is 9.02. The van der Waals surface area contributed by atoms with E-state index >= 15 is 0 Å². The van der Waals surface area contributed by atoms with Gasteiger partial charge in [0.2, 0.25) is 11.7 Å². The van der Waals surface area contributed by atoms with Crippen molar-refractivity contribution in [2.45, 2.75) is 151 Å². The van der Waals surface area contributed by atoms with Crippen molar-refractivity contribution in [1.82, 2.24) is 4.90 Å². The fourth-order valence-electron chi connectivity index (χ4n) is 9.63. The van der Waals surface area contributed by atoms with Gasteiger partial charge in [-0.15, -0.1) is 0 Å². The summed E-state index contributed by atoms with van der Waals surface area (Å²) >= 11 is 0. The summed E-state index contributed by atoms with van der Waals surface area (Å²) in [5.41, 5.74) is 5.59. The summed E-state index contributed by atoms with van der Waals surface area (Å²) in [5, 5.41) is 15.2. The average molecular weight is 707 g/mol. The maximum Gasteiger partial charge on any atom is 0.251 e. The topological polar surface area (TPSA) is 102 Å². The van der Waals surface area contributed by atoms with E-state index in [9.17, 15) is 19.5 Å². The van der Waals surface area contributed by atoms with Gasteiger partial charge in [-0.3, -0.25) is 14.4 Å². The molecule has 2 aliphatic heterocycles. The predicted octanol–water partition coefficient (Wildman–Crippen LogP) is 9.19. The lowest BCUT2D eigenvalue weighted by Gasteiger charge is -2.36. The number of allylic oxidation sites excluding steroid dienone is 6. The molecule has 1 aromatic carbocycles. The van der Waals surface area contributed by atoms with Gasteiger partial charge in [0.1, 0.15) is 5.76 Å². The predicted molar refractivity (Wildman–Crippen MR) is 210 cm³/mol. The molecule has 278 valence electrons. The minimum absolute atomic E-state index is 0.103. The Morgan fingerprint density at radius 3 is 1.98 bits per heavy atom. The summed E-state index contributed by atoms with van der Waals surface area (Å²) in [6.45, 7) is 20.0. The third-order valence-corrected chi connectivity index (χ3v) is 12.2. The number of likely N-dealkylation sites (tertiary alicyclic amines) is 1. The van der Waals surface area contributed by atoms with E-state index in [1.54, 1.807) is 0 Å². The highest BCUT2D eigenvalue weighted by molar-refractivity contribution is 6.42. The third-order valence-electron chi connectivity index (χ3n) is 12.2. The van der Waals surface area contributed by atoms with Crippen molar-refractivity contribution in [3.05, 3.63) is 63.6 Å². The van der Waals surface area contributed by atoms with Crippen LogP contribution in [0.5, 0.6) is 0 Å². The van der Waals surface area contributed by atoms with Gasteiger partial charge in [0.25, 0.3) is 5.91 Å². The fourth-order valence-corrected chi connectivity index (χ4v) is 9.63. The first-order chi connectivity index (χ1) is 24.4. The Balaban J connectivity index is 1.41. The number of hydrogen-bond donors (Lipinski definition) is 2. The van der Waals surface area contributed by atoms with E-state index in [1.807, 2.05) is 59.8 Å². The maximum atomic E-state index is 14.6. The van der Waals surface area contributed by atoms with E-state index in [4.69, 9.17) is 0 Å². The average Bonchev–Trinajstić information content (AvgIpc) is 3.56. The van der Waals surface area contributed by atoms with Crippen LogP contribution in [0.2, 0.25) is 0 Å². The monoisotopic (exact) mass is 706 g/mol. The van der Waals surface area contributed by atoms with Gasteiger partial charge < -0.3 is 20.2 Å². The third kappa shape index (κ3) is 5.89. The van der Waals surface area contributed by atoms with Crippen molar-refractivity contribution in [2.24, 2.45) is 21.7 Å². The summed E-state index contributed by atoms with van der Waals surface area (Å²) in [4.78, 5) is 51.2. The lowest BCUT2D eigenvalue weighted by atomic mass is 9.75. The maximum absolute atomic E-state index is 14.6. The molecule has 3 fully saturated rings. The molecule has 2 heterocycles. The van der Waals surface area contributed by atoms with Crippen molar-refractivity contribution in [1.29, 1.82) is 0 Å². The number of aliphatic hydroxyl groups is 1. The number of ketones is 1. The highest BCUT2D eigenvalue weighted by Crippen LogP contribution is 2.54. The Bertz CT molecular complexity index is 1890. The molecule has 4 atom stereocenters. The summed E-state index contributed by atoms with van der Waals surface area (Å²) in [6.07, 6.45) is 13.1. The van der Waals surface area contributed by atoms with E-state index in [2.05, 4.69) is 53.9 Å². The lowest BCUT2D eigenvalue weighted by molar-refractivity contribution is -0.125. The standard InChI is InChI=1S/C44H58N4O4/c1-23(2)47-33-17-13-11-15-25(33)27-19-29(31(21-35(27)47)45-41(51)43(5,6)7)37-39(49)38(40(37)50)30-20-28-26-16-12-14-18-34(26)48(24(3)4)36(28)22-32(30)46-42(52)44(8,9)10/h19-26,33-34,49H,11-18H2,1-10H3,(H,45,51). The highest BCUT2D eigenvalue weighted by atomic mass is 16.3. The number of hydrogen-bond acceptors (Lipinski definition) is 6. The van der Waals surface area contributed by atoms with Crippen molar-refractivity contribution in [3.63, 3.8) is 0 Å². The van der Waals surface area contributed by atoms with Crippen LogP contribution in [0.25, 0.3) is 5.57 Å². The minimum Gasteiger partial charge on any atom is -0.506 e. The normalized spacial score (nSPS) is 28.1. The second-order valence-electron chi connectivity index (χ2n) is 18.6. The van der Waals surface area contributed by atoms with Gasteiger partial charge in [-0.1, -0.05) is 67.2 Å². The second kappa shape index (κ2) is 12.9. The number of aliphatic hydroxyl groups excluding tert-OH is 1. The van der Waals surface area contributed by atoms with Crippen LogP contribution in [0.1, 0.15) is 138 Å². The fraction of sp³-hybridized carbons (Fsp3) is 0.591. The van der Waals surface area contributed by atoms with Gasteiger partial charge in [0, 0.05) is 69.4 Å². The first kappa shape index (κ1) is 36.4. The number of amides is 2. The molecule has 0 spiro atoms. The summed E-state index contributed by atoms with van der Waals surface area (Å²) in [5.74, 6) is -0.180. The number of nitrogens with one attached hydrogen (secondary N) is 1. The largest absolute Gasteiger partial charge is 0.506 e. The van der Waals surface area contributed by atoms with Gasteiger partial charge in [-0.05, 0) is 88.8 Å². The van der Waals surface area contributed by atoms with Crippen LogP contribution < -0.4 is 10.2 Å². The van der Waals surface area contributed by atoms with Gasteiger partial charge >= 0.3 is 0 Å². The number of nitrogens with zero attached hydrogens (tertiary/aromatic N) is 3. The molecule has 4 aliphatic carbocycles. The number of Topliss-reactive ketones (excluding diaryl/α,β-unsaturated/α-hetero) is 1. The number of benzene rings is 1. The Morgan fingerprint density at radius 1 is 0.808 bits per heavy atom. The molecule has 8 nitrogen and oxygen atoms in total. The Hall–Kier alpha value is -3.94. The molecule has 7 rings (SSSR count). The smallest absolute Gasteiger partial charge is 0.251 e. The second-order valence-corrected chi connectivity index (χ2v) is 18.6. The first-order valence-corrected chi connectivity index (χ1v) is 19.8. The Labute approximate surface area is 310 Å². The molecule has 1 aromatic rings. The summed E-state index contributed by atoms with van der Waals surface area (Å²) in [7, 11) is 0. The summed E-state index contributed by atoms with van der Waals surface area (Å²) < 4.78 is 0. The van der Waals surface area contributed by atoms with E-state index in [0.717, 1.165) is 49.9 Å².